The summed E-state index contributed by atoms with van der Waals surface area (Å²) in [5.74, 6) is 0.109. The number of halogens is 1. The lowest BCUT2D eigenvalue weighted by Crippen LogP contribution is -2.62. The summed E-state index contributed by atoms with van der Waals surface area (Å²) >= 11 is 0. The number of H-pyrrole nitrogens is 1. The number of piperidine rings is 3. The Morgan fingerprint density at radius 3 is 2.83 bits per heavy atom. The first-order valence-corrected chi connectivity index (χ1v) is 8.47. The van der Waals surface area contributed by atoms with Crippen LogP contribution >= 0.6 is 0 Å². The molecule has 5 nitrogen and oxygen atoms in total. The molecular formula is C18H21FN4O. The molecule has 0 aromatic carbocycles. The molecule has 3 aliphatic heterocycles. The first kappa shape index (κ1) is 15.3. The van der Waals surface area contributed by atoms with E-state index in [4.69, 9.17) is 0 Å². The second-order valence-electron chi connectivity index (χ2n) is 6.76. The third-order valence-electron chi connectivity index (χ3n) is 5.40. The Morgan fingerprint density at radius 2 is 2.12 bits per heavy atom. The van der Waals surface area contributed by atoms with E-state index in [1.165, 1.54) is 18.3 Å². The van der Waals surface area contributed by atoms with Gasteiger partial charge in [-0.2, -0.15) is 0 Å². The number of fused-ring (bicyclic) bond motifs is 3. The summed E-state index contributed by atoms with van der Waals surface area (Å²) in [6.07, 6.45) is 3.72. The molecule has 2 atom stereocenters. The number of pyridine rings is 1. The van der Waals surface area contributed by atoms with E-state index in [0.717, 1.165) is 25.9 Å². The van der Waals surface area contributed by atoms with Crippen molar-refractivity contribution in [2.75, 3.05) is 13.1 Å². The molecule has 126 valence electrons. The Balaban J connectivity index is 1.49. The summed E-state index contributed by atoms with van der Waals surface area (Å²) in [6, 6.07) is 6.71. The molecule has 3 aliphatic rings. The van der Waals surface area contributed by atoms with Crippen LogP contribution in [0.15, 0.2) is 30.5 Å². The van der Waals surface area contributed by atoms with E-state index in [-0.39, 0.29) is 17.8 Å². The van der Waals surface area contributed by atoms with Crippen molar-refractivity contribution in [1.29, 1.82) is 0 Å². The number of aromatic amines is 1. The molecule has 1 amide bonds. The Hall–Kier alpha value is -2.21. The lowest BCUT2D eigenvalue weighted by Gasteiger charge is -2.49. The monoisotopic (exact) mass is 328 g/mol. The Morgan fingerprint density at radius 1 is 1.33 bits per heavy atom. The normalized spacial score (nSPS) is 28.8. The third kappa shape index (κ3) is 2.71. The molecule has 3 fully saturated rings. The molecule has 0 aliphatic carbocycles. The van der Waals surface area contributed by atoms with Crippen molar-refractivity contribution >= 4 is 5.91 Å². The minimum absolute atomic E-state index is 0.108. The molecule has 2 aromatic heterocycles. The van der Waals surface area contributed by atoms with E-state index >= 15 is 0 Å². The highest BCUT2D eigenvalue weighted by atomic mass is 19.1. The van der Waals surface area contributed by atoms with Gasteiger partial charge >= 0.3 is 0 Å². The number of aromatic nitrogens is 2. The number of hydrogen-bond acceptors (Lipinski definition) is 3. The zero-order valence-corrected chi connectivity index (χ0v) is 13.6. The molecule has 0 radical (unpaired) electrons. The van der Waals surface area contributed by atoms with Gasteiger partial charge in [-0.25, -0.2) is 4.39 Å². The average Bonchev–Trinajstić information content (AvgIpc) is 3.09. The molecule has 0 saturated carbocycles. The lowest BCUT2D eigenvalue weighted by molar-refractivity contribution is 0.0216. The van der Waals surface area contributed by atoms with Gasteiger partial charge < -0.3 is 10.3 Å². The standard InChI is InChI=1S/C18H21FN4O/c1-11-17(12-5-8-23(11)9-6-12)22-18(24)15-3-2-14(21-15)16-10-13(19)4-7-20-16/h2-4,7,10-12,17,21H,5-6,8-9H2,1H3,(H,22,24)/t11-,17+/m1/s1. The van der Waals surface area contributed by atoms with Crippen molar-refractivity contribution in [3.05, 3.63) is 42.0 Å². The van der Waals surface area contributed by atoms with Gasteiger partial charge in [-0.1, -0.05) is 0 Å². The van der Waals surface area contributed by atoms with Crippen molar-refractivity contribution in [2.45, 2.75) is 31.8 Å². The molecule has 5 heterocycles. The van der Waals surface area contributed by atoms with Crippen LogP contribution in [0.5, 0.6) is 0 Å². The van der Waals surface area contributed by atoms with Crippen molar-refractivity contribution in [3.8, 4) is 11.4 Å². The molecule has 0 spiro atoms. The maximum absolute atomic E-state index is 13.3. The maximum Gasteiger partial charge on any atom is 0.267 e. The summed E-state index contributed by atoms with van der Waals surface area (Å²) in [7, 11) is 0. The van der Waals surface area contributed by atoms with E-state index in [9.17, 15) is 9.18 Å². The van der Waals surface area contributed by atoms with Crippen LogP contribution in [0.1, 0.15) is 30.3 Å². The van der Waals surface area contributed by atoms with Gasteiger partial charge in [-0.3, -0.25) is 14.7 Å². The van der Waals surface area contributed by atoms with Crippen LogP contribution in [0.3, 0.4) is 0 Å². The largest absolute Gasteiger partial charge is 0.349 e. The second-order valence-corrected chi connectivity index (χ2v) is 6.76. The summed E-state index contributed by atoms with van der Waals surface area (Å²) in [6.45, 7) is 4.46. The number of hydrogen-bond donors (Lipinski definition) is 2. The van der Waals surface area contributed by atoms with Crippen LogP contribution < -0.4 is 5.32 Å². The third-order valence-corrected chi connectivity index (χ3v) is 5.40. The molecule has 3 saturated heterocycles. The quantitative estimate of drug-likeness (QED) is 0.910. The highest BCUT2D eigenvalue weighted by Crippen LogP contribution is 2.32. The summed E-state index contributed by atoms with van der Waals surface area (Å²) in [5.41, 5.74) is 1.62. The fraction of sp³-hybridized carbons (Fsp3) is 0.444. The summed E-state index contributed by atoms with van der Waals surface area (Å²) in [4.78, 5) is 22.2. The van der Waals surface area contributed by atoms with Gasteiger partial charge in [-0.05, 0) is 57.0 Å². The SMILES string of the molecule is C[C@@H]1[C@H](NC(=O)c2ccc(-c3cc(F)ccn3)[nH]2)C2CCN1CC2. The maximum atomic E-state index is 13.3. The number of rotatable bonds is 3. The zero-order chi connectivity index (χ0) is 16.7. The molecule has 24 heavy (non-hydrogen) atoms. The average molecular weight is 328 g/mol. The van der Waals surface area contributed by atoms with Crippen molar-refractivity contribution in [2.24, 2.45) is 5.92 Å². The molecule has 5 rings (SSSR count). The van der Waals surface area contributed by atoms with Gasteiger partial charge in [0.05, 0.1) is 11.4 Å². The van der Waals surface area contributed by atoms with Crippen LogP contribution in [0.25, 0.3) is 11.4 Å². The van der Waals surface area contributed by atoms with Crippen molar-refractivity contribution in [3.63, 3.8) is 0 Å². The number of carbonyl (C=O) groups excluding carboxylic acids is 1. The fourth-order valence-corrected chi connectivity index (χ4v) is 4.00. The van der Waals surface area contributed by atoms with Gasteiger partial charge in [0.2, 0.25) is 0 Å². The predicted octanol–water partition coefficient (Wildman–Crippen LogP) is 2.43. The van der Waals surface area contributed by atoms with E-state index in [2.05, 4.69) is 27.1 Å². The smallest absolute Gasteiger partial charge is 0.267 e. The molecule has 2 bridgehead atoms. The molecule has 0 unspecified atom stereocenters. The topological polar surface area (TPSA) is 61.0 Å². The molecule has 2 N–H and O–H groups in total. The highest BCUT2D eigenvalue weighted by Gasteiger charge is 2.40. The van der Waals surface area contributed by atoms with Crippen LogP contribution in [0.4, 0.5) is 4.39 Å². The highest BCUT2D eigenvalue weighted by molar-refractivity contribution is 5.93. The molecule has 2 aromatic rings. The molecule has 6 heteroatoms. The van der Waals surface area contributed by atoms with Crippen LogP contribution in [-0.2, 0) is 0 Å². The van der Waals surface area contributed by atoms with Crippen molar-refractivity contribution in [1.82, 2.24) is 20.2 Å². The lowest BCUT2D eigenvalue weighted by atomic mass is 9.79. The van der Waals surface area contributed by atoms with Gasteiger partial charge in [-0.15, -0.1) is 0 Å². The van der Waals surface area contributed by atoms with E-state index in [1.54, 1.807) is 12.1 Å². The Kier molecular flexibility index (Phi) is 3.84. The minimum Gasteiger partial charge on any atom is -0.349 e. The minimum atomic E-state index is -0.346. The number of nitrogens with zero attached hydrogens (tertiary/aromatic N) is 2. The Labute approximate surface area is 140 Å². The van der Waals surface area contributed by atoms with Gasteiger partial charge in [0, 0.05) is 24.3 Å². The van der Waals surface area contributed by atoms with Crippen LogP contribution in [-0.4, -0.2) is 45.9 Å². The first-order chi connectivity index (χ1) is 11.6. The van der Waals surface area contributed by atoms with Crippen LogP contribution in [0.2, 0.25) is 0 Å². The predicted molar refractivity (Wildman–Crippen MR) is 89.0 cm³/mol. The van der Waals surface area contributed by atoms with E-state index in [0.29, 0.717) is 29.0 Å². The zero-order valence-electron chi connectivity index (χ0n) is 13.6. The van der Waals surface area contributed by atoms with Crippen LogP contribution in [0, 0.1) is 11.7 Å². The van der Waals surface area contributed by atoms with Crippen molar-refractivity contribution < 1.29 is 9.18 Å². The number of carbonyl (C=O) groups is 1. The summed E-state index contributed by atoms with van der Waals surface area (Å²) < 4.78 is 13.3. The van der Waals surface area contributed by atoms with Gasteiger partial charge in [0.1, 0.15) is 11.5 Å². The van der Waals surface area contributed by atoms with E-state index < -0.39 is 0 Å². The van der Waals surface area contributed by atoms with E-state index in [1.807, 2.05) is 0 Å². The van der Waals surface area contributed by atoms with Gasteiger partial charge in [0.25, 0.3) is 5.91 Å². The second kappa shape index (κ2) is 6.02. The fourth-order valence-electron chi connectivity index (χ4n) is 4.00. The number of nitrogens with one attached hydrogen (secondary N) is 2. The first-order valence-electron chi connectivity index (χ1n) is 8.47. The Bertz CT molecular complexity index is 749. The summed E-state index contributed by atoms with van der Waals surface area (Å²) in [5, 5.41) is 3.19. The number of amides is 1. The van der Waals surface area contributed by atoms with Gasteiger partial charge in [0.15, 0.2) is 0 Å². The molecular weight excluding hydrogens is 307 g/mol.